The van der Waals surface area contributed by atoms with Crippen molar-refractivity contribution in [2.24, 2.45) is 45.8 Å². The Morgan fingerprint density at radius 1 is 0.741 bits per heavy atom. The SMILES string of the molecule is CN(C(=O)C12C3C4C1C1(C(=O)O)C2C3C41C(=O)N(C)C(C)(C)C)C(C)(C)C. The summed E-state index contributed by atoms with van der Waals surface area (Å²) in [4.78, 5) is 42.7. The summed E-state index contributed by atoms with van der Waals surface area (Å²) in [5.41, 5.74) is -2.84. The normalized spacial score (nSPS) is 49.4. The van der Waals surface area contributed by atoms with E-state index in [4.69, 9.17) is 0 Å². The second-order valence-corrected chi connectivity index (χ2v) is 11.6. The lowest BCUT2D eigenvalue weighted by Gasteiger charge is -3.12. The van der Waals surface area contributed by atoms with E-state index in [0.717, 1.165) is 0 Å². The molecule has 2 amide bonds. The van der Waals surface area contributed by atoms with Crippen molar-refractivity contribution in [2.75, 3.05) is 14.1 Å². The Balaban J connectivity index is 1.51. The molecule has 0 radical (unpaired) electrons. The zero-order valence-corrected chi connectivity index (χ0v) is 17.5. The molecule has 0 heterocycles. The minimum Gasteiger partial charge on any atom is -0.481 e. The van der Waals surface area contributed by atoms with Crippen molar-refractivity contribution in [3.63, 3.8) is 0 Å². The fourth-order valence-electron chi connectivity index (χ4n) is 8.18. The molecule has 0 saturated heterocycles. The Morgan fingerprint density at radius 2 is 1.15 bits per heavy atom. The van der Waals surface area contributed by atoms with Gasteiger partial charge in [-0.1, -0.05) is 0 Å². The minimum atomic E-state index is -0.984. The summed E-state index contributed by atoms with van der Waals surface area (Å²) in [5, 5.41) is 10.2. The third kappa shape index (κ3) is 1.15. The molecule has 6 saturated carbocycles. The average molecular weight is 374 g/mol. The fraction of sp³-hybridized carbons (Fsp3) is 0.857. The highest BCUT2D eigenvalue weighted by molar-refractivity contribution is 6.09. The van der Waals surface area contributed by atoms with Crippen LogP contribution in [0.1, 0.15) is 41.5 Å². The summed E-state index contributed by atoms with van der Waals surface area (Å²) in [6.45, 7) is 11.9. The molecule has 0 aromatic heterocycles. The number of carbonyl (C=O) groups is 3. The lowest BCUT2D eigenvalue weighted by molar-refractivity contribution is -0.656. The molecule has 148 valence electrons. The van der Waals surface area contributed by atoms with Crippen LogP contribution in [0, 0.1) is 45.8 Å². The molecule has 4 unspecified atom stereocenters. The van der Waals surface area contributed by atoms with Gasteiger partial charge in [-0.25, -0.2) is 0 Å². The van der Waals surface area contributed by atoms with Crippen LogP contribution in [0.3, 0.4) is 0 Å². The van der Waals surface area contributed by atoms with Crippen molar-refractivity contribution < 1.29 is 19.5 Å². The van der Waals surface area contributed by atoms with Crippen molar-refractivity contribution >= 4 is 17.8 Å². The molecular formula is C21H30N2O4. The molecule has 0 aliphatic heterocycles. The fourth-order valence-corrected chi connectivity index (χ4v) is 8.18. The summed E-state index contributed by atoms with van der Waals surface area (Å²) in [5.74, 6) is -0.639. The van der Waals surface area contributed by atoms with Gasteiger partial charge in [0.15, 0.2) is 0 Å². The van der Waals surface area contributed by atoms with Crippen LogP contribution in [-0.4, -0.2) is 57.9 Å². The molecule has 6 heteroatoms. The predicted molar refractivity (Wildman–Crippen MR) is 97.4 cm³/mol. The summed E-state index contributed by atoms with van der Waals surface area (Å²) < 4.78 is 0. The number of hydrogen-bond acceptors (Lipinski definition) is 3. The largest absolute Gasteiger partial charge is 0.481 e. The summed E-state index contributed by atoms with van der Waals surface area (Å²) >= 11 is 0. The van der Waals surface area contributed by atoms with Gasteiger partial charge in [0.25, 0.3) is 0 Å². The van der Waals surface area contributed by atoms with Gasteiger partial charge in [0.2, 0.25) is 11.8 Å². The molecule has 6 aliphatic rings. The number of rotatable bonds is 3. The third-order valence-corrected chi connectivity index (χ3v) is 9.49. The van der Waals surface area contributed by atoms with E-state index in [2.05, 4.69) is 0 Å². The maximum Gasteiger partial charge on any atom is 0.311 e. The molecule has 0 bridgehead atoms. The first kappa shape index (κ1) is 17.5. The molecule has 1 N–H and O–H groups in total. The average Bonchev–Trinajstić information content (AvgIpc) is 2.56. The smallest absolute Gasteiger partial charge is 0.311 e. The Hall–Kier alpha value is -1.59. The van der Waals surface area contributed by atoms with Crippen molar-refractivity contribution in [3.05, 3.63) is 0 Å². The number of carboxylic acid groups (broad SMARTS) is 1. The summed E-state index contributed by atoms with van der Waals surface area (Å²) in [6.07, 6.45) is 0. The van der Waals surface area contributed by atoms with Crippen LogP contribution in [0.2, 0.25) is 0 Å². The highest BCUT2D eigenvalue weighted by Gasteiger charge is 3.20. The molecule has 6 rings (SSSR count). The van der Waals surface area contributed by atoms with Gasteiger partial charge in [-0.3, -0.25) is 14.4 Å². The van der Waals surface area contributed by atoms with E-state index in [1.165, 1.54) is 0 Å². The van der Waals surface area contributed by atoms with E-state index in [-0.39, 0.29) is 52.5 Å². The van der Waals surface area contributed by atoms with Crippen LogP contribution in [0.4, 0.5) is 0 Å². The van der Waals surface area contributed by atoms with Crippen molar-refractivity contribution in [1.29, 1.82) is 0 Å². The van der Waals surface area contributed by atoms with Crippen molar-refractivity contribution in [3.8, 4) is 0 Å². The topological polar surface area (TPSA) is 77.9 Å². The van der Waals surface area contributed by atoms with Crippen LogP contribution >= 0.6 is 0 Å². The summed E-state index contributed by atoms with van der Waals surface area (Å²) in [6, 6.07) is 0. The number of hydrogen-bond donors (Lipinski definition) is 1. The lowest BCUT2D eigenvalue weighted by Crippen LogP contribution is -3.18. The van der Waals surface area contributed by atoms with Crippen LogP contribution in [-0.2, 0) is 14.4 Å². The predicted octanol–water partition coefficient (Wildman–Crippen LogP) is 1.69. The highest BCUT2D eigenvalue weighted by Crippen LogP contribution is 3.14. The van der Waals surface area contributed by atoms with E-state index in [9.17, 15) is 19.5 Å². The Labute approximate surface area is 160 Å². The Morgan fingerprint density at radius 3 is 1.52 bits per heavy atom. The van der Waals surface area contributed by atoms with Gasteiger partial charge in [0, 0.05) is 25.2 Å². The van der Waals surface area contributed by atoms with Crippen LogP contribution < -0.4 is 0 Å². The van der Waals surface area contributed by atoms with Gasteiger partial charge < -0.3 is 14.9 Å². The van der Waals surface area contributed by atoms with Crippen molar-refractivity contribution in [1.82, 2.24) is 9.80 Å². The second-order valence-electron chi connectivity index (χ2n) is 11.6. The van der Waals surface area contributed by atoms with E-state index in [0.29, 0.717) is 0 Å². The first-order chi connectivity index (χ1) is 12.2. The first-order valence-electron chi connectivity index (χ1n) is 9.98. The van der Waals surface area contributed by atoms with E-state index in [1.807, 2.05) is 48.6 Å². The molecule has 6 aliphatic carbocycles. The van der Waals surface area contributed by atoms with E-state index in [1.54, 1.807) is 16.8 Å². The molecule has 0 aromatic rings. The highest BCUT2D eigenvalue weighted by atomic mass is 16.4. The Bertz CT molecular complexity index is 812. The number of carboxylic acids is 1. The monoisotopic (exact) mass is 374 g/mol. The van der Waals surface area contributed by atoms with Gasteiger partial charge in [-0.15, -0.1) is 0 Å². The van der Waals surface area contributed by atoms with Gasteiger partial charge in [-0.2, -0.15) is 0 Å². The molecule has 6 nitrogen and oxygen atoms in total. The maximum atomic E-state index is 13.4. The quantitative estimate of drug-likeness (QED) is 0.815. The van der Waals surface area contributed by atoms with Gasteiger partial charge in [-0.05, 0) is 71.1 Å². The lowest BCUT2D eigenvalue weighted by atomic mass is 8.87. The van der Waals surface area contributed by atoms with E-state index >= 15 is 0 Å². The molecule has 27 heavy (non-hydrogen) atoms. The van der Waals surface area contributed by atoms with Crippen LogP contribution in [0.25, 0.3) is 0 Å². The molecule has 0 aromatic carbocycles. The summed E-state index contributed by atoms with van der Waals surface area (Å²) in [7, 11) is 3.61. The van der Waals surface area contributed by atoms with Crippen molar-refractivity contribution in [2.45, 2.75) is 52.6 Å². The van der Waals surface area contributed by atoms with Gasteiger partial charge in [0.05, 0.1) is 16.2 Å². The number of aliphatic carboxylic acids is 1. The maximum absolute atomic E-state index is 13.4. The van der Waals surface area contributed by atoms with Crippen LogP contribution in [0.5, 0.6) is 0 Å². The minimum absolute atomic E-state index is 0.0129. The van der Waals surface area contributed by atoms with Gasteiger partial charge in [0.1, 0.15) is 0 Å². The van der Waals surface area contributed by atoms with Gasteiger partial charge >= 0.3 is 5.97 Å². The number of amides is 2. The molecule has 6 fully saturated rings. The zero-order valence-electron chi connectivity index (χ0n) is 17.5. The Kier molecular flexibility index (Phi) is 2.54. The zero-order chi connectivity index (χ0) is 20.3. The number of carbonyl (C=O) groups excluding carboxylic acids is 2. The van der Waals surface area contributed by atoms with E-state index < -0.39 is 22.2 Å². The second kappa shape index (κ2) is 3.92. The third-order valence-electron chi connectivity index (χ3n) is 9.49. The number of nitrogens with zero attached hydrogens (tertiary/aromatic N) is 2. The molecule has 4 atom stereocenters. The molecule has 0 spiro atoms. The first-order valence-corrected chi connectivity index (χ1v) is 9.98. The molecular weight excluding hydrogens is 344 g/mol. The van der Waals surface area contributed by atoms with Crippen LogP contribution in [0.15, 0.2) is 0 Å². The standard InChI is InChI=1S/C21H30N2O4/c1-17(2,3)22(7)14(24)19-9-10-12(19)21(16(26)27)13(19)11(9)20(10,21)15(25)23(8)18(4,5)6/h9-13H,1-8H3,(H,26,27).